The highest BCUT2D eigenvalue weighted by Gasteiger charge is 2.20. The molecule has 3 aromatic carbocycles. The Morgan fingerprint density at radius 3 is 2.00 bits per heavy atom. The summed E-state index contributed by atoms with van der Waals surface area (Å²) >= 11 is 0. The molecule has 0 spiro atoms. The van der Waals surface area contributed by atoms with E-state index in [1.54, 1.807) is 4.90 Å². The number of nitrogens with zero attached hydrogens (tertiary/aromatic N) is 1. The third-order valence-electron chi connectivity index (χ3n) is 6.34. The van der Waals surface area contributed by atoms with Crippen LogP contribution in [0.2, 0.25) is 0 Å². The second kappa shape index (κ2) is 10.9. The van der Waals surface area contributed by atoms with Crippen LogP contribution in [0.15, 0.2) is 84.9 Å². The number of anilines is 2. The van der Waals surface area contributed by atoms with Crippen LogP contribution in [0.1, 0.15) is 24.1 Å². The zero-order valence-corrected chi connectivity index (χ0v) is 18.8. The fourth-order valence-electron chi connectivity index (χ4n) is 4.41. The average Bonchev–Trinajstić information content (AvgIpc) is 2.86. The molecule has 0 unspecified atom stereocenters. The highest BCUT2D eigenvalue weighted by Crippen LogP contribution is 2.19. The molecule has 1 fully saturated rings. The van der Waals surface area contributed by atoms with Gasteiger partial charge in [0.25, 0.3) is 5.91 Å². The normalized spacial score (nSPS) is 14.5. The van der Waals surface area contributed by atoms with Gasteiger partial charge in [-0.15, -0.1) is 0 Å². The maximum Gasteiger partial charge on any atom is 0.279 e. The summed E-state index contributed by atoms with van der Waals surface area (Å²) in [4.78, 5) is 16.8. The quantitative estimate of drug-likeness (QED) is 0.510. The predicted molar refractivity (Wildman–Crippen MR) is 130 cm³/mol. The Morgan fingerprint density at radius 2 is 1.47 bits per heavy atom. The minimum Gasteiger partial charge on any atom is -0.360 e. The van der Waals surface area contributed by atoms with Gasteiger partial charge in [-0.25, -0.2) is 0 Å². The molecule has 4 N–H and O–H groups in total. The van der Waals surface area contributed by atoms with E-state index < -0.39 is 0 Å². The van der Waals surface area contributed by atoms with Gasteiger partial charge in [0.05, 0.1) is 32.7 Å². The molecule has 3 aromatic rings. The van der Waals surface area contributed by atoms with Gasteiger partial charge in [-0.1, -0.05) is 60.7 Å². The van der Waals surface area contributed by atoms with Gasteiger partial charge in [-0.2, -0.15) is 0 Å². The van der Waals surface area contributed by atoms with Crippen LogP contribution >= 0.6 is 0 Å². The highest BCUT2D eigenvalue weighted by molar-refractivity contribution is 5.91. The Balaban J connectivity index is 1.34. The zero-order chi connectivity index (χ0) is 22.2. The Kier molecular flexibility index (Phi) is 7.54. The molecule has 1 heterocycles. The van der Waals surface area contributed by atoms with Crippen molar-refractivity contribution in [2.75, 3.05) is 49.5 Å². The molecule has 32 heavy (non-hydrogen) atoms. The first kappa shape index (κ1) is 22.1. The molecule has 1 aliphatic heterocycles. The number of carbonyl (C=O) groups is 1. The monoisotopic (exact) mass is 430 g/mol. The maximum absolute atomic E-state index is 12.7. The van der Waals surface area contributed by atoms with Crippen molar-refractivity contribution in [3.63, 3.8) is 0 Å². The van der Waals surface area contributed by atoms with E-state index >= 15 is 0 Å². The minimum absolute atomic E-state index is 0.00905. The van der Waals surface area contributed by atoms with Crippen molar-refractivity contribution in [1.82, 2.24) is 0 Å². The van der Waals surface area contributed by atoms with E-state index in [-0.39, 0.29) is 11.9 Å². The van der Waals surface area contributed by atoms with Crippen LogP contribution in [0.25, 0.3) is 0 Å². The van der Waals surface area contributed by atoms with E-state index in [4.69, 9.17) is 0 Å². The number of nitrogens with two attached hydrogens (primary N) is 1. The molecule has 0 bridgehead atoms. The molecule has 1 aliphatic rings. The van der Waals surface area contributed by atoms with E-state index in [2.05, 4.69) is 58.9 Å². The molecule has 1 amide bonds. The van der Waals surface area contributed by atoms with Gasteiger partial charge >= 0.3 is 0 Å². The van der Waals surface area contributed by atoms with Gasteiger partial charge in [0, 0.05) is 22.5 Å². The lowest BCUT2D eigenvalue weighted by Gasteiger charge is -2.33. The lowest BCUT2D eigenvalue weighted by atomic mass is 9.99. The molecule has 166 valence electrons. The first-order valence-electron chi connectivity index (χ1n) is 11.6. The number of piperazine rings is 1. The van der Waals surface area contributed by atoms with Crippen molar-refractivity contribution < 1.29 is 15.0 Å². The average molecular weight is 431 g/mol. The first-order chi connectivity index (χ1) is 15.7. The summed E-state index contributed by atoms with van der Waals surface area (Å²) in [6, 6.07) is 29.0. The van der Waals surface area contributed by atoms with Gasteiger partial charge in [-0.05, 0) is 31.2 Å². The van der Waals surface area contributed by atoms with Crippen molar-refractivity contribution in [2.45, 2.75) is 13.0 Å². The summed E-state index contributed by atoms with van der Waals surface area (Å²) in [6.45, 7) is 8.36. The third kappa shape index (κ3) is 5.75. The molecule has 1 saturated heterocycles. The van der Waals surface area contributed by atoms with E-state index in [0.717, 1.165) is 18.8 Å². The molecule has 0 aliphatic carbocycles. The minimum atomic E-state index is 0.00905. The van der Waals surface area contributed by atoms with Crippen LogP contribution in [0.3, 0.4) is 0 Å². The highest BCUT2D eigenvalue weighted by atomic mass is 16.1. The Bertz CT molecular complexity index is 928. The molecule has 0 saturated carbocycles. The first-order valence-corrected chi connectivity index (χ1v) is 11.6. The number of quaternary nitrogens is 2. The van der Waals surface area contributed by atoms with Gasteiger partial charge in [-0.3, -0.25) is 4.79 Å². The van der Waals surface area contributed by atoms with Crippen LogP contribution in [-0.2, 0) is 4.79 Å². The van der Waals surface area contributed by atoms with Gasteiger partial charge in [0.15, 0.2) is 6.54 Å². The number of amides is 1. The SMILES string of the molecule is CC[NH+]1CCN(c2ccc(NC(=O)C[NH2+]C(c3ccccc3)c3ccccc3)cc2)CC1. The lowest BCUT2D eigenvalue weighted by Crippen LogP contribution is -3.14. The summed E-state index contributed by atoms with van der Waals surface area (Å²) in [5, 5.41) is 5.15. The fraction of sp³-hybridized carbons (Fsp3) is 0.296. The number of likely N-dealkylation sites (N-methyl/N-ethyl adjacent to an activating group) is 1. The summed E-state index contributed by atoms with van der Waals surface area (Å²) in [7, 11) is 0. The standard InChI is InChI=1S/C27H32N4O/c1-2-30-17-19-31(20-18-30)25-15-13-24(14-16-25)29-26(32)21-28-27(22-9-5-3-6-10-22)23-11-7-4-8-12-23/h3-16,27-28H,2,17-21H2,1H3,(H,29,32)/p+2. The maximum atomic E-state index is 12.7. The second-order valence-corrected chi connectivity index (χ2v) is 8.42. The Labute approximate surface area is 191 Å². The van der Waals surface area contributed by atoms with E-state index in [0.29, 0.717) is 6.54 Å². The Morgan fingerprint density at radius 1 is 0.906 bits per heavy atom. The second-order valence-electron chi connectivity index (χ2n) is 8.42. The molecular weight excluding hydrogens is 396 g/mol. The van der Waals surface area contributed by atoms with Crippen LogP contribution in [0.5, 0.6) is 0 Å². The smallest absolute Gasteiger partial charge is 0.279 e. The molecule has 0 aromatic heterocycles. The summed E-state index contributed by atoms with van der Waals surface area (Å²) in [5.41, 5.74) is 4.47. The number of rotatable bonds is 8. The van der Waals surface area contributed by atoms with Crippen LogP contribution < -0.4 is 20.4 Å². The molecule has 0 atom stereocenters. The topological polar surface area (TPSA) is 53.4 Å². The number of benzene rings is 3. The van der Waals surface area contributed by atoms with Crippen molar-refractivity contribution in [3.8, 4) is 0 Å². The fourth-order valence-corrected chi connectivity index (χ4v) is 4.41. The molecule has 5 heteroatoms. The van der Waals surface area contributed by atoms with Gasteiger partial charge in [0.2, 0.25) is 0 Å². The van der Waals surface area contributed by atoms with Crippen molar-refractivity contribution in [2.24, 2.45) is 0 Å². The molecule has 4 rings (SSSR count). The van der Waals surface area contributed by atoms with Gasteiger partial charge < -0.3 is 20.4 Å². The largest absolute Gasteiger partial charge is 0.360 e. The summed E-state index contributed by atoms with van der Waals surface area (Å²) < 4.78 is 0. The van der Waals surface area contributed by atoms with Crippen LogP contribution in [0, 0.1) is 0 Å². The molecule has 5 nitrogen and oxygen atoms in total. The van der Waals surface area contributed by atoms with Crippen LogP contribution in [-0.4, -0.2) is 45.2 Å². The predicted octanol–water partition coefficient (Wildman–Crippen LogP) is 1.70. The van der Waals surface area contributed by atoms with E-state index in [1.807, 2.05) is 48.5 Å². The molecule has 0 radical (unpaired) electrons. The van der Waals surface area contributed by atoms with E-state index in [1.165, 1.54) is 36.4 Å². The van der Waals surface area contributed by atoms with Crippen molar-refractivity contribution >= 4 is 17.3 Å². The number of nitrogens with one attached hydrogen (secondary N) is 2. The molecular formula is C27H34N4O+2. The number of hydrogen-bond acceptors (Lipinski definition) is 2. The summed E-state index contributed by atoms with van der Waals surface area (Å²) in [6.07, 6.45) is 0. The number of carbonyl (C=O) groups excluding carboxylic acids is 1. The van der Waals surface area contributed by atoms with Crippen molar-refractivity contribution in [1.29, 1.82) is 0 Å². The van der Waals surface area contributed by atoms with E-state index in [9.17, 15) is 4.79 Å². The van der Waals surface area contributed by atoms with Gasteiger partial charge in [0.1, 0.15) is 6.04 Å². The van der Waals surface area contributed by atoms with Crippen molar-refractivity contribution in [3.05, 3.63) is 96.1 Å². The number of hydrogen-bond donors (Lipinski definition) is 3. The zero-order valence-electron chi connectivity index (χ0n) is 18.8. The Hall–Kier alpha value is -3.15. The summed E-state index contributed by atoms with van der Waals surface area (Å²) in [5.74, 6) is 0.00905. The third-order valence-corrected chi connectivity index (χ3v) is 6.34. The van der Waals surface area contributed by atoms with Crippen LogP contribution in [0.4, 0.5) is 11.4 Å². The lowest BCUT2D eigenvalue weighted by molar-refractivity contribution is -0.898.